The van der Waals surface area contributed by atoms with Gasteiger partial charge >= 0.3 is 5.97 Å². The normalized spacial score (nSPS) is 38.9. The number of aliphatic hydroxyl groups is 1. The molecule has 3 aliphatic carbocycles. The summed E-state index contributed by atoms with van der Waals surface area (Å²) in [5.41, 5.74) is -0.216. The first-order valence-electron chi connectivity index (χ1n) is 9.82. The Balaban J connectivity index is 2.02. The van der Waals surface area contributed by atoms with Gasteiger partial charge in [-0.2, -0.15) is 0 Å². The molecule has 0 heterocycles. The van der Waals surface area contributed by atoms with E-state index in [1.807, 2.05) is 20.8 Å². The molecule has 27 heavy (non-hydrogen) atoms. The van der Waals surface area contributed by atoms with Crippen molar-refractivity contribution in [2.45, 2.75) is 72.0 Å². The minimum absolute atomic E-state index is 0.156. The molecule has 3 aliphatic rings. The lowest BCUT2D eigenvalue weighted by molar-refractivity contribution is -0.173. The van der Waals surface area contributed by atoms with Crippen LogP contribution >= 0.6 is 0 Å². The highest BCUT2D eigenvalue weighted by Crippen LogP contribution is 2.56. The van der Waals surface area contributed by atoms with Gasteiger partial charge in [0.15, 0.2) is 5.78 Å². The molecule has 0 amide bonds. The van der Waals surface area contributed by atoms with Crippen molar-refractivity contribution in [3.8, 4) is 0 Å². The van der Waals surface area contributed by atoms with E-state index in [0.29, 0.717) is 43.3 Å². The Kier molecular flexibility index (Phi) is 4.96. The molecule has 0 saturated heterocycles. The summed E-state index contributed by atoms with van der Waals surface area (Å²) in [5.74, 6) is -0.718. The second kappa shape index (κ2) is 6.69. The van der Waals surface area contributed by atoms with Gasteiger partial charge in [-0.1, -0.05) is 33.4 Å². The average molecular weight is 374 g/mol. The highest BCUT2D eigenvalue weighted by molar-refractivity contribution is 6.11. The van der Waals surface area contributed by atoms with Gasteiger partial charge in [-0.3, -0.25) is 14.4 Å². The zero-order valence-electron chi connectivity index (χ0n) is 16.7. The maximum Gasteiger partial charge on any atom is 0.302 e. The van der Waals surface area contributed by atoms with Crippen LogP contribution in [-0.2, 0) is 19.1 Å². The second-order valence-electron chi connectivity index (χ2n) is 9.22. The Morgan fingerprint density at radius 1 is 1.26 bits per heavy atom. The summed E-state index contributed by atoms with van der Waals surface area (Å²) in [7, 11) is 0. The summed E-state index contributed by atoms with van der Waals surface area (Å²) < 4.78 is 5.57. The zero-order chi connectivity index (χ0) is 20.1. The Bertz CT molecular complexity index is 731. The number of ether oxygens (including phenoxy) is 1. The zero-order valence-corrected chi connectivity index (χ0v) is 16.7. The lowest BCUT2D eigenvalue weighted by Gasteiger charge is -2.54. The van der Waals surface area contributed by atoms with E-state index in [9.17, 15) is 19.5 Å². The van der Waals surface area contributed by atoms with Crippen molar-refractivity contribution < 1.29 is 24.2 Å². The van der Waals surface area contributed by atoms with Gasteiger partial charge in [-0.15, -0.1) is 0 Å². The monoisotopic (exact) mass is 374 g/mol. The summed E-state index contributed by atoms with van der Waals surface area (Å²) in [6, 6.07) is 0. The van der Waals surface area contributed by atoms with E-state index >= 15 is 0 Å². The first-order valence-corrected chi connectivity index (χ1v) is 9.82. The van der Waals surface area contributed by atoms with Crippen molar-refractivity contribution in [3.05, 3.63) is 23.8 Å². The van der Waals surface area contributed by atoms with E-state index in [2.05, 4.69) is 6.58 Å². The van der Waals surface area contributed by atoms with E-state index in [1.165, 1.54) is 6.92 Å². The number of carbonyl (C=O) groups excluding carboxylic acids is 3. The van der Waals surface area contributed by atoms with Crippen molar-refractivity contribution >= 4 is 17.5 Å². The molecular formula is C22H30O5. The van der Waals surface area contributed by atoms with Gasteiger partial charge in [-0.25, -0.2) is 0 Å². The van der Waals surface area contributed by atoms with Crippen LogP contribution < -0.4 is 0 Å². The fraction of sp³-hybridized carbons (Fsp3) is 0.682. The number of carbonyl (C=O) groups is 3. The van der Waals surface area contributed by atoms with Crippen LogP contribution in [0.25, 0.3) is 0 Å². The summed E-state index contributed by atoms with van der Waals surface area (Å²) in [6.07, 6.45) is 3.02. The molecule has 0 radical (unpaired) electrons. The van der Waals surface area contributed by atoms with Crippen molar-refractivity contribution in [2.75, 3.05) is 0 Å². The molecule has 0 aliphatic heterocycles. The number of hydrogen-bond acceptors (Lipinski definition) is 5. The molecule has 0 spiro atoms. The lowest BCUT2D eigenvalue weighted by atomic mass is 9.52. The number of aliphatic hydroxyl groups excluding tert-OH is 1. The van der Waals surface area contributed by atoms with Crippen molar-refractivity contribution in [3.63, 3.8) is 0 Å². The van der Waals surface area contributed by atoms with Crippen LogP contribution in [0.5, 0.6) is 0 Å². The molecule has 1 saturated carbocycles. The number of esters is 1. The van der Waals surface area contributed by atoms with Gasteiger partial charge in [0.1, 0.15) is 11.9 Å². The van der Waals surface area contributed by atoms with Crippen LogP contribution in [0.3, 0.4) is 0 Å². The summed E-state index contributed by atoms with van der Waals surface area (Å²) in [5, 5.41) is 10.9. The average Bonchev–Trinajstić information content (AvgIpc) is 2.86. The minimum atomic E-state index is -0.940. The summed E-state index contributed by atoms with van der Waals surface area (Å²) >= 11 is 0. The first kappa shape index (κ1) is 20.0. The van der Waals surface area contributed by atoms with Gasteiger partial charge in [-0.05, 0) is 37.2 Å². The Morgan fingerprint density at radius 2 is 1.93 bits per heavy atom. The van der Waals surface area contributed by atoms with Gasteiger partial charge in [0.2, 0.25) is 0 Å². The van der Waals surface area contributed by atoms with Crippen molar-refractivity contribution in [1.29, 1.82) is 0 Å². The third kappa shape index (κ3) is 3.20. The molecule has 0 aromatic heterocycles. The van der Waals surface area contributed by atoms with Crippen LogP contribution in [-0.4, -0.2) is 34.9 Å². The maximum absolute atomic E-state index is 13.3. The SMILES string of the molecule is C=C1C(=O)C2=C[C@H]1CCC(=O)[C@]1(C)CC[C@@H](OC(C)=O)C(C)(C)[C@H]1C[C@@H]2O. The molecule has 5 nitrogen and oxygen atoms in total. The van der Waals surface area contributed by atoms with E-state index in [1.54, 1.807) is 6.08 Å². The predicted octanol–water partition coefficient (Wildman–Crippen LogP) is 3.16. The van der Waals surface area contributed by atoms with Crippen LogP contribution in [0.15, 0.2) is 23.8 Å². The summed E-state index contributed by atoms with van der Waals surface area (Å²) in [6.45, 7) is 11.3. The number of hydrogen-bond donors (Lipinski definition) is 1. The molecular weight excluding hydrogens is 344 g/mol. The van der Waals surface area contributed by atoms with E-state index in [0.717, 1.165) is 0 Å². The van der Waals surface area contributed by atoms with Crippen LogP contribution in [0.2, 0.25) is 0 Å². The highest BCUT2D eigenvalue weighted by atomic mass is 16.5. The molecule has 0 unspecified atom stereocenters. The Labute approximate surface area is 160 Å². The predicted molar refractivity (Wildman–Crippen MR) is 101 cm³/mol. The Morgan fingerprint density at radius 3 is 2.56 bits per heavy atom. The molecule has 0 aromatic rings. The van der Waals surface area contributed by atoms with Crippen molar-refractivity contribution in [2.24, 2.45) is 22.7 Å². The van der Waals surface area contributed by atoms with Crippen molar-refractivity contribution in [1.82, 2.24) is 0 Å². The minimum Gasteiger partial charge on any atom is -0.462 e. The van der Waals surface area contributed by atoms with Crippen LogP contribution in [0, 0.1) is 22.7 Å². The first-order chi connectivity index (χ1) is 12.5. The van der Waals surface area contributed by atoms with Gasteiger partial charge < -0.3 is 9.84 Å². The number of ketones is 2. The standard InChI is InChI=1S/C22H30O5/c1-12-14-6-7-18(25)22(5)9-8-19(27-13(2)23)21(3,4)17(22)11-16(24)15(10-14)20(12)26/h10,14,16-17,19,24H,1,6-9,11H2,2-5H3/t14-,16+,17-,19-,22-/m1/s1. The quantitative estimate of drug-likeness (QED) is 0.563. The van der Waals surface area contributed by atoms with Crippen LogP contribution in [0.4, 0.5) is 0 Å². The summed E-state index contributed by atoms with van der Waals surface area (Å²) in [4.78, 5) is 37.4. The third-order valence-corrected chi connectivity index (χ3v) is 7.25. The molecule has 5 heteroatoms. The third-order valence-electron chi connectivity index (χ3n) is 7.25. The molecule has 1 N–H and O–H groups in total. The van der Waals surface area contributed by atoms with Crippen LogP contribution in [0.1, 0.15) is 59.8 Å². The van der Waals surface area contributed by atoms with E-state index in [4.69, 9.17) is 4.74 Å². The lowest BCUT2D eigenvalue weighted by Crippen LogP contribution is -2.55. The number of fused-ring (bicyclic) bond motifs is 2. The highest BCUT2D eigenvalue weighted by Gasteiger charge is 2.56. The second-order valence-corrected chi connectivity index (χ2v) is 9.22. The van der Waals surface area contributed by atoms with Gasteiger partial charge in [0.05, 0.1) is 6.10 Å². The van der Waals surface area contributed by atoms with E-state index in [-0.39, 0.29) is 35.5 Å². The maximum atomic E-state index is 13.3. The molecule has 2 bridgehead atoms. The topological polar surface area (TPSA) is 80.7 Å². The molecule has 148 valence electrons. The number of Topliss-reactive ketones (excluding diaryl/α,β-unsaturated/α-hetero) is 2. The smallest absolute Gasteiger partial charge is 0.302 e. The van der Waals surface area contributed by atoms with E-state index < -0.39 is 16.9 Å². The molecule has 5 atom stereocenters. The molecule has 0 aromatic carbocycles. The Hall–Kier alpha value is -1.75. The van der Waals surface area contributed by atoms with Gasteiger partial charge in [0.25, 0.3) is 0 Å². The molecule has 3 rings (SSSR count). The number of allylic oxidation sites excluding steroid dienone is 2. The largest absolute Gasteiger partial charge is 0.462 e. The fourth-order valence-corrected chi connectivity index (χ4v) is 5.52. The molecule has 1 fully saturated rings. The number of rotatable bonds is 1. The fourth-order valence-electron chi connectivity index (χ4n) is 5.52. The van der Waals surface area contributed by atoms with Gasteiger partial charge in [0, 0.05) is 35.7 Å².